The summed E-state index contributed by atoms with van der Waals surface area (Å²) in [6, 6.07) is 16.6. The molecule has 29 heavy (non-hydrogen) atoms. The number of nitrogens with one attached hydrogen (secondary N) is 3. The van der Waals surface area contributed by atoms with Crippen LogP contribution < -0.4 is 15.9 Å². The van der Waals surface area contributed by atoms with Crippen LogP contribution in [0.25, 0.3) is 0 Å². The number of benzene rings is 2. The number of thiocarbonyl (C=S) groups is 1. The van der Waals surface area contributed by atoms with Crippen molar-refractivity contribution >= 4 is 31.0 Å². The van der Waals surface area contributed by atoms with Crippen molar-refractivity contribution in [2.75, 3.05) is 6.61 Å². The lowest BCUT2D eigenvalue weighted by atomic mass is 9.83. The number of hydrazine groups is 1. The fourth-order valence-corrected chi connectivity index (χ4v) is 4.94. The predicted octanol–water partition coefficient (Wildman–Crippen LogP) is 4.03. The maximum atomic E-state index is 13.1. The molecule has 3 rings (SSSR count). The van der Waals surface area contributed by atoms with E-state index in [1.807, 2.05) is 63.2 Å². The summed E-state index contributed by atoms with van der Waals surface area (Å²) in [7, 11) is -3.71. The van der Waals surface area contributed by atoms with Crippen molar-refractivity contribution in [3.63, 3.8) is 0 Å². The van der Waals surface area contributed by atoms with Gasteiger partial charge in [-0.2, -0.15) is 0 Å². The van der Waals surface area contributed by atoms with E-state index in [1.54, 1.807) is 12.1 Å². The van der Waals surface area contributed by atoms with Gasteiger partial charge in [0.1, 0.15) is 6.10 Å². The highest BCUT2D eigenvalue weighted by molar-refractivity contribution is 7.81. The molecule has 1 fully saturated rings. The average Bonchev–Trinajstić information content (AvgIpc) is 2.69. The quantitative estimate of drug-likeness (QED) is 0.383. The summed E-state index contributed by atoms with van der Waals surface area (Å²) in [5.74, 6) is -0.374. The number of amides is 1. The van der Waals surface area contributed by atoms with Crippen LogP contribution in [0.2, 0.25) is 0 Å². The smallest absolute Gasteiger partial charge is 0.292 e. The monoisotopic (exact) mass is 433 g/mol. The molecule has 0 saturated carbocycles. The van der Waals surface area contributed by atoms with Gasteiger partial charge in [0.2, 0.25) is 0 Å². The van der Waals surface area contributed by atoms with E-state index < -0.39 is 13.9 Å². The number of aryl methyl sites for hydroxylation is 1. The minimum Gasteiger partial charge on any atom is -0.292 e. The van der Waals surface area contributed by atoms with Gasteiger partial charge in [-0.1, -0.05) is 61.9 Å². The molecule has 0 aromatic heterocycles. The van der Waals surface area contributed by atoms with Crippen LogP contribution in [-0.2, 0) is 13.6 Å². The SMILES string of the molecule is Cc1ccc(C(=O)NNC(=S)NP2(=O)OCC(C)(C)[C@H](c3ccccc3)O2)cc1. The summed E-state index contributed by atoms with van der Waals surface area (Å²) in [4.78, 5) is 12.2. The number of hydrogen-bond acceptors (Lipinski definition) is 5. The summed E-state index contributed by atoms with van der Waals surface area (Å²) in [5.41, 5.74) is 7.02. The third-order valence-corrected chi connectivity index (χ3v) is 6.31. The maximum absolute atomic E-state index is 13.1. The molecule has 7 nitrogen and oxygen atoms in total. The molecule has 0 spiro atoms. The van der Waals surface area contributed by atoms with Gasteiger partial charge in [-0.15, -0.1) is 0 Å². The van der Waals surface area contributed by atoms with E-state index in [2.05, 4.69) is 15.9 Å². The van der Waals surface area contributed by atoms with Gasteiger partial charge < -0.3 is 0 Å². The molecule has 1 unspecified atom stereocenters. The van der Waals surface area contributed by atoms with Crippen LogP contribution in [0.4, 0.5) is 0 Å². The Hall–Kier alpha value is -2.25. The van der Waals surface area contributed by atoms with E-state index in [0.29, 0.717) is 5.56 Å². The third-order valence-electron chi connectivity index (χ3n) is 4.50. The van der Waals surface area contributed by atoms with Crippen LogP contribution in [-0.4, -0.2) is 17.6 Å². The van der Waals surface area contributed by atoms with Crippen molar-refractivity contribution in [1.29, 1.82) is 0 Å². The highest BCUT2D eigenvalue weighted by Gasteiger charge is 2.45. The second-order valence-electron chi connectivity index (χ2n) is 7.54. The van der Waals surface area contributed by atoms with E-state index in [4.69, 9.17) is 21.3 Å². The zero-order chi connectivity index (χ0) is 21.1. The van der Waals surface area contributed by atoms with Crippen LogP contribution in [0.1, 0.15) is 41.4 Å². The Balaban J connectivity index is 1.61. The number of carbonyl (C=O) groups is 1. The van der Waals surface area contributed by atoms with Crippen LogP contribution in [0, 0.1) is 12.3 Å². The number of carbonyl (C=O) groups excluding carboxylic acids is 1. The van der Waals surface area contributed by atoms with E-state index in [9.17, 15) is 9.36 Å². The van der Waals surface area contributed by atoms with Gasteiger partial charge >= 0.3 is 7.75 Å². The lowest BCUT2D eigenvalue weighted by molar-refractivity contribution is -0.0285. The molecule has 0 bridgehead atoms. The standard InChI is InChI=1S/C20H24N3O4PS/c1-14-9-11-16(12-10-14)18(24)21-22-19(29)23-28(25)26-13-20(2,3)17(27-28)15-7-5-4-6-8-15/h4-12,17H,13H2,1-3H3,(H,21,24)(H2,22,23,25,29)/t17-,28?/m0/s1. The zero-order valence-corrected chi connectivity index (χ0v) is 18.2. The molecule has 2 aromatic carbocycles. The van der Waals surface area contributed by atoms with Crippen molar-refractivity contribution in [1.82, 2.24) is 15.9 Å². The van der Waals surface area contributed by atoms with Crippen molar-refractivity contribution in [3.05, 3.63) is 71.3 Å². The van der Waals surface area contributed by atoms with Gasteiger partial charge in [0, 0.05) is 11.0 Å². The summed E-state index contributed by atoms with van der Waals surface area (Å²) >= 11 is 5.14. The molecule has 3 N–H and O–H groups in total. The van der Waals surface area contributed by atoms with E-state index >= 15 is 0 Å². The Morgan fingerprint density at radius 2 is 1.76 bits per heavy atom. The Kier molecular flexibility index (Phi) is 6.39. The largest absolute Gasteiger partial charge is 0.435 e. The zero-order valence-electron chi connectivity index (χ0n) is 16.5. The average molecular weight is 433 g/mol. The summed E-state index contributed by atoms with van der Waals surface area (Å²) in [6.45, 7) is 6.11. The first-order chi connectivity index (χ1) is 13.7. The molecule has 1 aliphatic rings. The fourth-order valence-electron chi connectivity index (χ4n) is 2.88. The normalized spacial score (nSPS) is 23.1. The first-order valence-corrected chi connectivity index (χ1v) is 11.1. The highest BCUT2D eigenvalue weighted by atomic mass is 32.1. The number of hydrogen-bond donors (Lipinski definition) is 3. The lowest BCUT2D eigenvalue weighted by Gasteiger charge is -2.41. The molecular formula is C20H24N3O4PS. The highest BCUT2D eigenvalue weighted by Crippen LogP contribution is 2.58. The lowest BCUT2D eigenvalue weighted by Crippen LogP contribution is -2.47. The Bertz CT molecular complexity index is 935. The van der Waals surface area contributed by atoms with Crippen LogP contribution in [0.5, 0.6) is 0 Å². The van der Waals surface area contributed by atoms with E-state index in [-0.39, 0.29) is 23.0 Å². The van der Waals surface area contributed by atoms with Crippen LogP contribution >= 0.6 is 20.0 Å². The molecule has 154 valence electrons. The Morgan fingerprint density at radius 1 is 1.10 bits per heavy atom. The molecule has 1 amide bonds. The molecule has 1 heterocycles. The molecular weight excluding hydrogens is 409 g/mol. The second-order valence-corrected chi connectivity index (χ2v) is 9.64. The van der Waals surface area contributed by atoms with Gasteiger partial charge in [0.15, 0.2) is 5.11 Å². The molecule has 0 radical (unpaired) electrons. The summed E-state index contributed by atoms with van der Waals surface area (Å²) in [5, 5.41) is 2.50. The van der Waals surface area contributed by atoms with Gasteiger partial charge in [-0.05, 0) is 36.8 Å². The van der Waals surface area contributed by atoms with Gasteiger partial charge in [0.25, 0.3) is 5.91 Å². The topological polar surface area (TPSA) is 88.7 Å². The molecule has 2 aromatic rings. The van der Waals surface area contributed by atoms with Crippen molar-refractivity contribution in [2.45, 2.75) is 26.9 Å². The van der Waals surface area contributed by atoms with E-state index in [0.717, 1.165) is 11.1 Å². The van der Waals surface area contributed by atoms with E-state index in [1.165, 1.54) is 0 Å². The van der Waals surface area contributed by atoms with Crippen LogP contribution in [0.15, 0.2) is 54.6 Å². The van der Waals surface area contributed by atoms with Crippen molar-refractivity contribution < 1.29 is 18.4 Å². The first kappa shape index (κ1) is 21.5. The first-order valence-electron chi connectivity index (χ1n) is 9.12. The summed E-state index contributed by atoms with van der Waals surface area (Å²) < 4.78 is 24.4. The van der Waals surface area contributed by atoms with Gasteiger partial charge in [-0.25, -0.2) is 4.57 Å². The molecule has 0 aliphatic carbocycles. The maximum Gasteiger partial charge on any atom is 0.435 e. The Labute approximate surface area is 175 Å². The minimum absolute atomic E-state index is 0.0692. The minimum atomic E-state index is -3.71. The van der Waals surface area contributed by atoms with Crippen molar-refractivity contribution in [3.8, 4) is 0 Å². The molecule has 9 heteroatoms. The second kappa shape index (κ2) is 8.63. The number of rotatable bonds is 3. The third kappa shape index (κ3) is 5.42. The summed E-state index contributed by atoms with van der Waals surface area (Å²) in [6.07, 6.45) is -0.444. The fraction of sp³-hybridized carbons (Fsp3) is 0.300. The Morgan fingerprint density at radius 3 is 2.41 bits per heavy atom. The predicted molar refractivity (Wildman–Crippen MR) is 115 cm³/mol. The van der Waals surface area contributed by atoms with Gasteiger partial charge in [-0.3, -0.25) is 29.8 Å². The van der Waals surface area contributed by atoms with Gasteiger partial charge in [0.05, 0.1) is 6.61 Å². The van der Waals surface area contributed by atoms with Crippen LogP contribution in [0.3, 0.4) is 0 Å². The molecule has 1 saturated heterocycles. The molecule has 1 aliphatic heterocycles. The molecule has 2 atom stereocenters. The van der Waals surface area contributed by atoms with Crippen molar-refractivity contribution in [2.24, 2.45) is 5.41 Å².